The number of hydrogen-bond acceptors (Lipinski definition) is 5. The molecule has 6 nitrogen and oxygen atoms in total. The van der Waals surface area contributed by atoms with Crippen molar-refractivity contribution in [1.82, 2.24) is 0 Å². The van der Waals surface area contributed by atoms with Crippen molar-refractivity contribution in [3.8, 4) is 5.75 Å². The highest BCUT2D eigenvalue weighted by atomic mass is 16.5. The number of esters is 1. The Balaban J connectivity index is 2.52. The van der Waals surface area contributed by atoms with Gasteiger partial charge in [-0.3, -0.25) is 4.79 Å². The summed E-state index contributed by atoms with van der Waals surface area (Å²) in [5, 5.41) is 10.00. The van der Waals surface area contributed by atoms with E-state index in [9.17, 15) is 14.7 Å². The van der Waals surface area contributed by atoms with Gasteiger partial charge in [0.25, 0.3) is 0 Å². The summed E-state index contributed by atoms with van der Waals surface area (Å²) in [4.78, 5) is 24.7. The monoisotopic (exact) mass is 279 g/mol. The number of aliphatic hydroxyl groups excluding tert-OH is 1. The number of nitrogens with zero attached hydrogens (tertiary/aromatic N) is 1. The zero-order chi connectivity index (χ0) is 14.9. The molecule has 6 heteroatoms. The number of fused-ring (bicyclic) bond motifs is 1. The number of aliphatic hydroxyl groups is 1. The highest BCUT2D eigenvalue weighted by Gasteiger charge is 2.27. The molecule has 1 aromatic carbocycles. The van der Waals surface area contributed by atoms with Crippen LogP contribution in [0.5, 0.6) is 5.75 Å². The Morgan fingerprint density at radius 3 is 2.65 bits per heavy atom. The van der Waals surface area contributed by atoms with Gasteiger partial charge >= 0.3 is 5.97 Å². The first-order valence-corrected chi connectivity index (χ1v) is 6.22. The standard InChI is InChI=1S/C14H17NO5/c1-15-10-7-9(13(17)14(18)20-3)11(19-2)6-8(10)4-5-12(15)16/h6-7,13,17H,4-5H2,1-3H3. The lowest BCUT2D eigenvalue weighted by Gasteiger charge is -2.27. The number of carbonyl (C=O) groups is 2. The minimum atomic E-state index is -1.44. The number of carbonyl (C=O) groups excluding carboxylic acids is 2. The van der Waals surface area contributed by atoms with E-state index in [0.717, 1.165) is 5.56 Å². The third-order valence-corrected chi connectivity index (χ3v) is 3.49. The first-order valence-electron chi connectivity index (χ1n) is 6.22. The molecule has 0 saturated heterocycles. The molecule has 0 aliphatic carbocycles. The van der Waals surface area contributed by atoms with Gasteiger partial charge in [-0.25, -0.2) is 4.79 Å². The number of hydrogen-bond donors (Lipinski definition) is 1. The Kier molecular flexibility index (Phi) is 3.94. The predicted molar refractivity (Wildman–Crippen MR) is 71.7 cm³/mol. The summed E-state index contributed by atoms with van der Waals surface area (Å²) in [6.45, 7) is 0. The molecule has 1 aliphatic heterocycles. The third kappa shape index (κ3) is 2.34. The fraction of sp³-hybridized carbons (Fsp3) is 0.429. The van der Waals surface area contributed by atoms with Crippen molar-refractivity contribution in [1.29, 1.82) is 0 Å². The maximum atomic E-state index is 11.7. The van der Waals surface area contributed by atoms with E-state index in [1.54, 1.807) is 19.2 Å². The molecule has 2 rings (SSSR count). The number of ether oxygens (including phenoxy) is 2. The van der Waals surface area contributed by atoms with Crippen LogP contribution in [0.2, 0.25) is 0 Å². The molecule has 0 saturated carbocycles. The highest BCUT2D eigenvalue weighted by Crippen LogP contribution is 2.36. The van der Waals surface area contributed by atoms with Crippen LogP contribution in [0.1, 0.15) is 23.7 Å². The Morgan fingerprint density at radius 1 is 1.35 bits per heavy atom. The normalized spacial score (nSPS) is 15.6. The van der Waals surface area contributed by atoms with Crippen LogP contribution in [0.25, 0.3) is 0 Å². The summed E-state index contributed by atoms with van der Waals surface area (Å²) in [6.07, 6.45) is -0.389. The van der Waals surface area contributed by atoms with Crippen LogP contribution < -0.4 is 9.64 Å². The molecule has 1 N–H and O–H groups in total. The summed E-state index contributed by atoms with van der Waals surface area (Å²) < 4.78 is 9.75. The summed E-state index contributed by atoms with van der Waals surface area (Å²) >= 11 is 0. The van der Waals surface area contributed by atoms with Gasteiger partial charge in [0.2, 0.25) is 5.91 Å². The van der Waals surface area contributed by atoms with E-state index < -0.39 is 12.1 Å². The first kappa shape index (κ1) is 14.3. The molecule has 0 fully saturated rings. The Bertz CT molecular complexity index is 555. The van der Waals surface area contributed by atoms with E-state index in [4.69, 9.17) is 4.74 Å². The number of rotatable bonds is 3. The number of methoxy groups -OCH3 is 2. The summed E-state index contributed by atoms with van der Waals surface area (Å²) in [6, 6.07) is 3.35. The Hall–Kier alpha value is -2.08. The lowest BCUT2D eigenvalue weighted by atomic mass is 9.96. The summed E-state index contributed by atoms with van der Waals surface area (Å²) in [5.41, 5.74) is 1.92. The molecule has 20 heavy (non-hydrogen) atoms. The Labute approximate surface area is 116 Å². The van der Waals surface area contributed by atoms with Gasteiger partial charge in [0.05, 0.1) is 14.2 Å². The van der Waals surface area contributed by atoms with Gasteiger partial charge in [-0.05, 0) is 24.1 Å². The molecule has 1 heterocycles. The number of amides is 1. The van der Waals surface area contributed by atoms with E-state index in [-0.39, 0.29) is 5.91 Å². The van der Waals surface area contributed by atoms with E-state index in [1.807, 2.05) is 0 Å². The maximum absolute atomic E-state index is 11.7. The van der Waals surface area contributed by atoms with E-state index in [2.05, 4.69) is 4.74 Å². The average Bonchev–Trinajstić information content (AvgIpc) is 2.48. The zero-order valence-corrected chi connectivity index (χ0v) is 11.7. The third-order valence-electron chi connectivity index (χ3n) is 3.49. The van der Waals surface area contributed by atoms with Crippen molar-refractivity contribution in [3.05, 3.63) is 23.3 Å². The van der Waals surface area contributed by atoms with Crippen molar-refractivity contribution in [2.24, 2.45) is 0 Å². The molecule has 0 aromatic heterocycles. The van der Waals surface area contributed by atoms with E-state index >= 15 is 0 Å². The number of aryl methyl sites for hydroxylation is 1. The second-order valence-electron chi connectivity index (χ2n) is 4.60. The van der Waals surface area contributed by atoms with Gasteiger partial charge < -0.3 is 19.5 Å². The van der Waals surface area contributed by atoms with Gasteiger partial charge in [-0.1, -0.05) is 0 Å². The van der Waals surface area contributed by atoms with Crippen LogP contribution >= 0.6 is 0 Å². The average molecular weight is 279 g/mol. The molecular weight excluding hydrogens is 262 g/mol. The fourth-order valence-corrected chi connectivity index (χ4v) is 2.31. The van der Waals surface area contributed by atoms with E-state index in [0.29, 0.717) is 29.8 Å². The lowest BCUT2D eigenvalue weighted by Crippen LogP contribution is -2.31. The fourth-order valence-electron chi connectivity index (χ4n) is 2.31. The van der Waals surface area contributed by atoms with Crippen LogP contribution in [0.3, 0.4) is 0 Å². The summed E-state index contributed by atoms with van der Waals surface area (Å²) in [5.74, 6) is -0.362. The topological polar surface area (TPSA) is 76.1 Å². The summed E-state index contributed by atoms with van der Waals surface area (Å²) in [7, 11) is 4.33. The first-order chi connectivity index (χ1) is 9.49. The van der Waals surface area contributed by atoms with Crippen LogP contribution in [-0.2, 0) is 20.7 Å². The molecule has 1 atom stereocenters. The van der Waals surface area contributed by atoms with Crippen LogP contribution in [0.4, 0.5) is 5.69 Å². The second-order valence-corrected chi connectivity index (χ2v) is 4.60. The minimum absolute atomic E-state index is 0.00109. The Morgan fingerprint density at radius 2 is 2.05 bits per heavy atom. The van der Waals surface area contributed by atoms with Crippen LogP contribution in [0.15, 0.2) is 12.1 Å². The molecule has 0 bridgehead atoms. The van der Waals surface area contributed by atoms with Crippen molar-refractivity contribution < 1.29 is 24.2 Å². The number of anilines is 1. The van der Waals surface area contributed by atoms with Gasteiger partial charge in [0.1, 0.15) is 5.75 Å². The molecule has 0 radical (unpaired) electrons. The molecule has 0 spiro atoms. The van der Waals surface area contributed by atoms with E-state index in [1.165, 1.54) is 19.1 Å². The SMILES string of the molecule is COC(=O)C(O)c1cc2c(cc1OC)CCC(=O)N2C. The molecule has 1 aromatic rings. The van der Waals surface area contributed by atoms with Crippen LogP contribution in [0, 0.1) is 0 Å². The second kappa shape index (κ2) is 5.50. The van der Waals surface area contributed by atoms with Gasteiger partial charge in [-0.15, -0.1) is 0 Å². The molecule has 1 amide bonds. The maximum Gasteiger partial charge on any atom is 0.339 e. The molecule has 1 unspecified atom stereocenters. The number of benzene rings is 1. The minimum Gasteiger partial charge on any atom is -0.496 e. The highest BCUT2D eigenvalue weighted by molar-refractivity contribution is 5.96. The van der Waals surface area contributed by atoms with Gasteiger partial charge in [-0.2, -0.15) is 0 Å². The van der Waals surface area contributed by atoms with Gasteiger partial charge in [0.15, 0.2) is 6.10 Å². The van der Waals surface area contributed by atoms with Crippen molar-refractivity contribution in [2.75, 3.05) is 26.2 Å². The van der Waals surface area contributed by atoms with Crippen LogP contribution in [-0.4, -0.2) is 38.3 Å². The largest absolute Gasteiger partial charge is 0.496 e. The van der Waals surface area contributed by atoms with Gasteiger partial charge in [0, 0.05) is 24.7 Å². The van der Waals surface area contributed by atoms with Crippen molar-refractivity contribution in [2.45, 2.75) is 18.9 Å². The predicted octanol–water partition coefficient (Wildman–Crippen LogP) is 0.811. The lowest BCUT2D eigenvalue weighted by molar-refractivity contribution is -0.150. The van der Waals surface area contributed by atoms with Crippen molar-refractivity contribution in [3.63, 3.8) is 0 Å². The quantitative estimate of drug-likeness (QED) is 0.829. The molecule has 108 valence electrons. The van der Waals surface area contributed by atoms with Crippen molar-refractivity contribution >= 4 is 17.6 Å². The zero-order valence-electron chi connectivity index (χ0n) is 11.7. The molecule has 1 aliphatic rings. The molecular formula is C14H17NO5. The smallest absolute Gasteiger partial charge is 0.339 e.